The maximum atomic E-state index is 4.97. The lowest BCUT2D eigenvalue weighted by molar-refractivity contribution is 0.0995. The smallest absolute Gasteiger partial charge is 0.254 e. The number of rotatable bonds is 5. The van der Waals surface area contributed by atoms with E-state index >= 15 is 0 Å². The molecule has 0 bridgehead atoms. The molecule has 1 aliphatic rings. The van der Waals surface area contributed by atoms with E-state index < -0.39 is 0 Å². The van der Waals surface area contributed by atoms with Crippen molar-refractivity contribution in [3.8, 4) is 0 Å². The zero-order valence-electron chi connectivity index (χ0n) is 9.22. The minimum atomic E-state index is 0.182. The van der Waals surface area contributed by atoms with E-state index in [0.717, 1.165) is 16.8 Å². The van der Waals surface area contributed by atoms with Gasteiger partial charge in [-0.3, -0.25) is 4.84 Å². The van der Waals surface area contributed by atoms with Gasteiger partial charge in [0, 0.05) is 5.25 Å². The molecule has 0 spiro atoms. The van der Waals surface area contributed by atoms with Gasteiger partial charge in [-0.05, 0) is 12.8 Å². The maximum Gasteiger partial charge on any atom is 0.254 e. The van der Waals surface area contributed by atoms with E-state index in [0.29, 0.717) is 5.89 Å². The Balaban J connectivity index is 1.75. The van der Waals surface area contributed by atoms with Crippen LogP contribution in [0.15, 0.2) is 4.52 Å². The zero-order chi connectivity index (χ0) is 11.2. The second-order valence-corrected chi connectivity index (χ2v) is 5.28. The Morgan fingerprint density at radius 1 is 1.38 bits per heavy atom. The number of nitrogens with two attached hydrogens (primary N) is 1. The monoisotopic (exact) mass is 243 g/mol. The summed E-state index contributed by atoms with van der Waals surface area (Å²) in [5.41, 5.74) is 0. The first-order chi connectivity index (χ1) is 7.88. The van der Waals surface area contributed by atoms with Crippen LogP contribution in [0.4, 0.5) is 0 Å². The van der Waals surface area contributed by atoms with Crippen molar-refractivity contribution < 1.29 is 9.36 Å². The van der Waals surface area contributed by atoms with Gasteiger partial charge in [0.1, 0.15) is 6.61 Å². The Morgan fingerprint density at radius 2 is 2.19 bits per heavy atom. The summed E-state index contributed by atoms with van der Waals surface area (Å²) < 4.78 is 4.97. The quantitative estimate of drug-likeness (QED) is 0.797. The van der Waals surface area contributed by atoms with Gasteiger partial charge in [-0.1, -0.05) is 24.4 Å². The first-order valence-corrected chi connectivity index (χ1v) is 6.68. The first-order valence-electron chi connectivity index (χ1n) is 5.63. The molecule has 0 aliphatic heterocycles. The molecule has 0 saturated heterocycles. The molecule has 5 nitrogen and oxygen atoms in total. The van der Waals surface area contributed by atoms with Crippen LogP contribution in [-0.4, -0.2) is 15.4 Å². The van der Waals surface area contributed by atoms with Crippen molar-refractivity contribution in [3.05, 3.63) is 11.7 Å². The van der Waals surface area contributed by atoms with Crippen molar-refractivity contribution in [3.63, 3.8) is 0 Å². The molecular formula is C10H17N3O2S. The van der Waals surface area contributed by atoms with E-state index in [1.54, 1.807) is 0 Å². The summed E-state index contributed by atoms with van der Waals surface area (Å²) >= 11 is 1.92. The molecule has 1 heterocycles. The summed E-state index contributed by atoms with van der Waals surface area (Å²) in [6.45, 7) is 0.182. The Morgan fingerprint density at radius 3 is 2.94 bits per heavy atom. The van der Waals surface area contributed by atoms with Gasteiger partial charge in [0.15, 0.2) is 5.82 Å². The fourth-order valence-electron chi connectivity index (χ4n) is 1.90. The molecule has 0 atom stereocenters. The van der Waals surface area contributed by atoms with Crippen molar-refractivity contribution in [1.29, 1.82) is 0 Å². The highest BCUT2D eigenvalue weighted by Crippen LogP contribution is 2.29. The maximum absolute atomic E-state index is 4.97. The fraction of sp³-hybridized carbons (Fsp3) is 0.800. The van der Waals surface area contributed by atoms with Gasteiger partial charge < -0.3 is 4.52 Å². The molecule has 0 radical (unpaired) electrons. The van der Waals surface area contributed by atoms with Gasteiger partial charge in [0.05, 0.1) is 5.75 Å². The Bertz CT molecular complexity index is 313. The van der Waals surface area contributed by atoms with E-state index in [1.807, 2.05) is 11.8 Å². The van der Waals surface area contributed by atoms with E-state index in [9.17, 15) is 0 Å². The van der Waals surface area contributed by atoms with Crippen molar-refractivity contribution >= 4 is 11.8 Å². The normalized spacial score (nSPS) is 17.8. The van der Waals surface area contributed by atoms with Gasteiger partial charge in [0.25, 0.3) is 5.89 Å². The van der Waals surface area contributed by atoms with E-state index in [4.69, 9.17) is 10.4 Å². The third kappa shape index (κ3) is 3.47. The third-order valence-corrected chi connectivity index (χ3v) is 4.08. The molecule has 1 fully saturated rings. The van der Waals surface area contributed by atoms with E-state index in [1.165, 1.54) is 32.1 Å². The van der Waals surface area contributed by atoms with Crippen molar-refractivity contribution in [2.75, 3.05) is 0 Å². The standard InChI is InChI=1S/C10H17N3O2S/c11-14-6-10-12-9(13-15-10)7-16-8-4-2-1-3-5-8/h8H,1-7,11H2. The van der Waals surface area contributed by atoms with Gasteiger partial charge in [-0.15, -0.1) is 0 Å². The predicted octanol–water partition coefficient (Wildman–Crippen LogP) is 2.03. The van der Waals surface area contributed by atoms with Crippen LogP contribution in [0.5, 0.6) is 0 Å². The van der Waals surface area contributed by atoms with Crippen molar-refractivity contribution in [1.82, 2.24) is 10.1 Å². The number of thioether (sulfide) groups is 1. The molecular weight excluding hydrogens is 226 g/mol. The topological polar surface area (TPSA) is 74.2 Å². The van der Waals surface area contributed by atoms with Crippen LogP contribution in [-0.2, 0) is 17.2 Å². The van der Waals surface area contributed by atoms with Crippen LogP contribution < -0.4 is 5.90 Å². The minimum Gasteiger partial charge on any atom is -0.337 e. The largest absolute Gasteiger partial charge is 0.337 e. The fourth-order valence-corrected chi connectivity index (χ4v) is 3.07. The summed E-state index contributed by atoms with van der Waals surface area (Å²) in [5.74, 6) is 6.93. The number of aromatic nitrogens is 2. The first kappa shape index (κ1) is 11.9. The summed E-state index contributed by atoms with van der Waals surface area (Å²) in [6.07, 6.45) is 6.74. The molecule has 1 aliphatic carbocycles. The summed E-state index contributed by atoms with van der Waals surface area (Å²) in [5, 5.41) is 4.64. The average Bonchev–Trinajstić information content (AvgIpc) is 2.76. The second kappa shape index (κ2) is 6.22. The molecule has 0 amide bonds. The van der Waals surface area contributed by atoms with Gasteiger partial charge >= 0.3 is 0 Å². The van der Waals surface area contributed by atoms with Crippen molar-refractivity contribution in [2.24, 2.45) is 5.90 Å². The van der Waals surface area contributed by atoms with Crippen molar-refractivity contribution in [2.45, 2.75) is 49.7 Å². The Hall–Kier alpha value is -0.590. The van der Waals surface area contributed by atoms with Gasteiger partial charge in [0.2, 0.25) is 0 Å². The van der Waals surface area contributed by atoms with E-state index in [-0.39, 0.29) is 6.61 Å². The molecule has 2 N–H and O–H groups in total. The van der Waals surface area contributed by atoms with E-state index in [2.05, 4.69) is 15.0 Å². The SMILES string of the molecule is NOCc1nc(CSC2CCCCC2)no1. The molecule has 0 unspecified atom stereocenters. The summed E-state index contributed by atoms with van der Waals surface area (Å²) in [6, 6.07) is 0. The molecule has 6 heteroatoms. The Labute approximate surface area is 99.1 Å². The highest BCUT2D eigenvalue weighted by atomic mass is 32.2. The molecule has 2 rings (SSSR count). The lowest BCUT2D eigenvalue weighted by Crippen LogP contribution is -2.08. The summed E-state index contributed by atoms with van der Waals surface area (Å²) in [4.78, 5) is 8.61. The molecule has 16 heavy (non-hydrogen) atoms. The lowest BCUT2D eigenvalue weighted by Gasteiger charge is -2.19. The lowest BCUT2D eigenvalue weighted by atomic mass is 10.0. The Kier molecular flexibility index (Phi) is 4.62. The average molecular weight is 243 g/mol. The van der Waals surface area contributed by atoms with Gasteiger partial charge in [-0.25, -0.2) is 5.90 Å². The minimum absolute atomic E-state index is 0.182. The molecule has 90 valence electrons. The second-order valence-electron chi connectivity index (χ2n) is 3.99. The predicted molar refractivity (Wildman–Crippen MR) is 61.4 cm³/mol. The molecule has 0 aromatic carbocycles. The highest BCUT2D eigenvalue weighted by Gasteiger charge is 2.15. The molecule has 1 aromatic heterocycles. The summed E-state index contributed by atoms with van der Waals surface area (Å²) in [7, 11) is 0. The number of nitrogens with zero attached hydrogens (tertiary/aromatic N) is 2. The van der Waals surface area contributed by atoms with Crippen LogP contribution in [0.1, 0.15) is 43.8 Å². The molecule has 1 saturated carbocycles. The highest BCUT2D eigenvalue weighted by molar-refractivity contribution is 7.99. The number of hydrogen-bond donors (Lipinski definition) is 1. The van der Waals surface area contributed by atoms with Crippen LogP contribution >= 0.6 is 11.8 Å². The van der Waals surface area contributed by atoms with Crippen LogP contribution in [0.25, 0.3) is 0 Å². The van der Waals surface area contributed by atoms with Crippen LogP contribution in [0, 0.1) is 0 Å². The third-order valence-electron chi connectivity index (χ3n) is 2.72. The van der Waals surface area contributed by atoms with Crippen LogP contribution in [0.2, 0.25) is 0 Å². The van der Waals surface area contributed by atoms with Crippen LogP contribution in [0.3, 0.4) is 0 Å². The molecule has 1 aromatic rings. The zero-order valence-corrected chi connectivity index (χ0v) is 10.0. The van der Waals surface area contributed by atoms with Gasteiger partial charge in [-0.2, -0.15) is 16.7 Å². The number of hydrogen-bond acceptors (Lipinski definition) is 6.